The number of hydrogen-bond acceptors (Lipinski definition) is 9. The van der Waals surface area contributed by atoms with Crippen LogP contribution in [0.1, 0.15) is 29.8 Å². The van der Waals surface area contributed by atoms with Crippen molar-refractivity contribution in [3.63, 3.8) is 0 Å². The molecular weight excluding hydrogens is 508 g/mol. The van der Waals surface area contributed by atoms with E-state index in [1.54, 1.807) is 22.9 Å². The Morgan fingerprint density at radius 3 is 2.64 bits per heavy atom. The molecule has 3 N–H and O–H groups in total. The molecule has 1 aliphatic rings. The fraction of sp³-hybridized carbons (Fsp3) is 0.308. The van der Waals surface area contributed by atoms with Crippen molar-refractivity contribution in [3.05, 3.63) is 66.1 Å². The van der Waals surface area contributed by atoms with E-state index in [0.29, 0.717) is 41.8 Å². The number of rotatable bonds is 8. The number of aromatic nitrogens is 5. The fourth-order valence-corrected chi connectivity index (χ4v) is 4.10. The van der Waals surface area contributed by atoms with Crippen molar-refractivity contribution in [1.82, 2.24) is 29.8 Å². The van der Waals surface area contributed by atoms with Crippen molar-refractivity contribution in [3.8, 4) is 11.9 Å². The third-order valence-corrected chi connectivity index (χ3v) is 6.38. The van der Waals surface area contributed by atoms with Crippen molar-refractivity contribution < 1.29 is 18.7 Å². The van der Waals surface area contributed by atoms with Gasteiger partial charge in [-0.3, -0.25) is 9.36 Å². The summed E-state index contributed by atoms with van der Waals surface area (Å²) in [5.41, 5.74) is 0.0471. The summed E-state index contributed by atoms with van der Waals surface area (Å²) in [6.45, 7) is 3.28. The van der Waals surface area contributed by atoms with Gasteiger partial charge in [0, 0.05) is 43.1 Å². The van der Waals surface area contributed by atoms with E-state index < -0.39 is 23.5 Å². The number of amides is 1. The molecule has 1 atom stereocenters. The highest BCUT2D eigenvalue weighted by molar-refractivity contribution is 5.99. The number of hydrogen-bond donors (Lipinski definition) is 3. The van der Waals surface area contributed by atoms with Gasteiger partial charge >= 0.3 is 0 Å². The first-order valence-corrected chi connectivity index (χ1v) is 12.1. The molecule has 5 heterocycles. The van der Waals surface area contributed by atoms with E-state index in [2.05, 4.69) is 36.6 Å². The predicted octanol–water partition coefficient (Wildman–Crippen LogP) is 2.36. The Bertz CT molecular complexity index is 1550. The third kappa shape index (κ3) is 5.46. The number of nitriles is 1. The van der Waals surface area contributed by atoms with Gasteiger partial charge < -0.3 is 20.6 Å². The largest absolute Gasteiger partial charge is 0.387 e. The first kappa shape index (κ1) is 25.9. The van der Waals surface area contributed by atoms with Crippen LogP contribution in [0.4, 0.5) is 20.4 Å². The van der Waals surface area contributed by atoms with Gasteiger partial charge in [-0.2, -0.15) is 5.26 Å². The van der Waals surface area contributed by atoms with Gasteiger partial charge in [0.15, 0.2) is 5.82 Å². The Hall–Kier alpha value is -4.70. The molecule has 4 aromatic heterocycles. The molecule has 0 spiro atoms. The molecule has 1 unspecified atom stereocenters. The number of fused-ring (bicyclic) bond motifs is 1. The summed E-state index contributed by atoms with van der Waals surface area (Å²) < 4.78 is 29.2. The molecule has 0 aliphatic carbocycles. The molecule has 0 bridgehead atoms. The maximum Gasteiger partial charge on any atom is 0.255 e. The van der Waals surface area contributed by atoms with Crippen LogP contribution in [0.25, 0.3) is 16.9 Å². The summed E-state index contributed by atoms with van der Waals surface area (Å²) >= 11 is 0. The molecule has 0 aromatic carbocycles. The first-order valence-electron chi connectivity index (χ1n) is 12.1. The standard InChI is InChI=1S/C26H25F2N9O2/c1-26(2,39)21(28)12-32-24(38)19-11-30-22(37-4-3-16-5-15(7-29)8-31-23(16)37)6-20(19)35-18-13-36(14-18)25-33-9-17(27)10-34-25/h3-6,8-11,18,21,39H,12-14H2,1-2H3,(H,30,35)(H,32,38). The Kier molecular flexibility index (Phi) is 6.80. The van der Waals surface area contributed by atoms with Crippen LogP contribution in [0.5, 0.6) is 0 Å². The van der Waals surface area contributed by atoms with Gasteiger partial charge in [-0.05, 0) is 26.0 Å². The molecule has 1 amide bonds. The summed E-state index contributed by atoms with van der Waals surface area (Å²) in [5, 5.41) is 25.6. The van der Waals surface area contributed by atoms with Crippen molar-refractivity contribution in [1.29, 1.82) is 5.26 Å². The van der Waals surface area contributed by atoms with E-state index in [1.807, 2.05) is 11.0 Å². The van der Waals surface area contributed by atoms with Crippen LogP contribution in [0.3, 0.4) is 0 Å². The van der Waals surface area contributed by atoms with Gasteiger partial charge in [-0.1, -0.05) is 0 Å². The minimum atomic E-state index is -1.67. The van der Waals surface area contributed by atoms with Gasteiger partial charge in [0.25, 0.3) is 5.91 Å². The lowest BCUT2D eigenvalue weighted by atomic mass is 10.0. The molecule has 11 nitrogen and oxygen atoms in total. The van der Waals surface area contributed by atoms with Crippen LogP contribution in [-0.4, -0.2) is 73.0 Å². The number of carbonyl (C=O) groups is 1. The zero-order chi connectivity index (χ0) is 27.7. The molecule has 4 aromatic rings. The van der Waals surface area contributed by atoms with Crippen molar-refractivity contribution >= 4 is 28.6 Å². The van der Waals surface area contributed by atoms with E-state index in [-0.39, 0.29) is 18.2 Å². The number of anilines is 2. The van der Waals surface area contributed by atoms with Crippen LogP contribution in [0, 0.1) is 17.1 Å². The number of halogens is 2. The van der Waals surface area contributed by atoms with Crippen LogP contribution < -0.4 is 15.5 Å². The molecule has 200 valence electrons. The summed E-state index contributed by atoms with van der Waals surface area (Å²) in [4.78, 5) is 31.7. The number of aliphatic hydroxyl groups is 1. The van der Waals surface area contributed by atoms with E-state index >= 15 is 0 Å². The van der Waals surface area contributed by atoms with Crippen molar-refractivity contribution in [2.45, 2.75) is 31.7 Å². The molecule has 13 heteroatoms. The second-order valence-corrected chi connectivity index (χ2v) is 9.80. The lowest BCUT2D eigenvalue weighted by Crippen LogP contribution is -2.55. The number of nitrogens with zero attached hydrogens (tertiary/aromatic N) is 7. The van der Waals surface area contributed by atoms with E-state index in [1.165, 1.54) is 26.2 Å². The summed E-state index contributed by atoms with van der Waals surface area (Å²) in [6, 6.07) is 7.19. The Morgan fingerprint density at radius 2 is 1.95 bits per heavy atom. The van der Waals surface area contributed by atoms with E-state index in [4.69, 9.17) is 5.26 Å². The van der Waals surface area contributed by atoms with Crippen molar-refractivity contribution in [2.24, 2.45) is 0 Å². The summed E-state index contributed by atoms with van der Waals surface area (Å²) in [5.74, 6) is -0.218. The fourth-order valence-electron chi connectivity index (χ4n) is 4.10. The number of pyridine rings is 2. The van der Waals surface area contributed by atoms with Crippen LogP contribution >= 0.6 is 0 Å². The third-order valence-electron chi connectivity index (χ3n) is 6.38. The monoisotopic (exact) mass is 533 g/mol. The Balaban J connectivity index is 1.41. The van der Waals surface area contributed by atoms with Gasteiger partial charge in [-0.25, -0.2) is 28.7 Å². The molecule has 5 rings (SSSR count). The zero-order valence-corrected chi connectivity index (χ0v) is 21.1. The predicted molar refractivity (Wildman–Crippen MR) is 139 cm³/mol. The SMILES string of the molecule is CC(C)(O)C(F)CNC(=O)c1cnc(-n2ccc3cc(C#N)cnc32)cc1NC1CN(c2ncc(F)cn2)C1. The molecule has 0 saturated carbocycles. The molecule has 1 fully saturated rings. The highest BCUT2D eigenvalue weighted by atomic mass is 19.1. The number of nitrogens with one attached hydrogen (secondary N) is 2. The normalized spacial score (nSPS) is 14.5. The Morgan fingerprint density at radius 1 is 1.21 bits per heavy atom. The lowest BCUT2D eigenvalue weighted by molar-refractivity contribution is -0.00177. The molecule has 0 radical (unpaired) electrons. The molecular formula is C26H25F2N9O2. The average Bonchev–Trinajstić information content (AvgIpc) is 3.32. The minimum Gasteiger partial charge on any atom is -0.387 e. The molecule has 1 aliphatic heterocycles. The maximum atomic E-state index is 14.3. The minimum absolute atomic E-state index is 0.0940. The smallest absolute Gasteiger partial charge is 0.255 e. The molecule has 1 saturated heterocycles. The topological polar surface area (TPSA) is 145 Å². The highest BCUT2D eigenvalue weighted by Gasteiger charge is 2.31. The number of alkyl halides is 1. The van der Waals surface area contributed by atoms with Gasteiger partial charge in [0.1, 0.15) is 23.7 Å². The first-order chi connectivity index (χ1) is 18.6. The average molecular weight is 534 g/mol. The van der Waals surface area contributed by atoms with E-state index in [0.717, 1.165) is 17.8 Å². The van der Waals surface area contributed by atoms with Crippen LogP contribution in [0.2, 0.25) is 0 Å². The highest BCUT2D eigenvalue weighted by Crippen LogP contribution is 2.26. The van der Waals surface area contributed by atoms with Crippen LogP contribution in [0.15, 0.2) is 49.2 Å². The zero-order valence-electron chi connectivity index (χ0n) is 21.1. The quantitative estimate of drug-likeness (QED) is 0.311. The maximum absolute atomic E-state index is 14.3. The van der Waals surface area contributed by atoms with Gasteiger partial charge in [-0.15, -0.1) is 0 Å². The second kappa shape index (κ2) is 10.2. The summed E-state index contributed by atoms with van der Waals surface area (Å²) in [6.07, 6.45) is 5.15. The Labute approximate surface area is 222 Å². The van der Waals surface area contributed by atoms with Crippen molar-refractivity contribution in [2.75, 3.05) is 29.9 Å². The van der Waals surface area contributed by atoms with Crippen LogP contribution in [-0.2, 0) is 0 Å². The van der Waals surface area contributed by atoms with Gasteiger partial charge in [0.05, 0.1) is 47.4 Å². The van der Waals surface area contributed by atoms with Gasteiger partial charge in [0.2, 0.25) is 5.95 Å². The van der Waals surface area contributed by atoms with E-state index in [9.17, 15) is 18.7 Å². The molecule has 39 heavy (non-hydrogen) atoms. The number of carbonyl (C=O) groups excluding carboxylic acids is 1. The lowest BCUT2D eigenvalue weighted by Gasteiger charge is -2.40. The summed E-state index contributed by atoms with van der Waals surface area (Å²) in [7, 11) is 0. The second-order valence-electron chi connectivity index (χ2n) is 9.80.